The van der Waals surface area contributed by atoms with Crippen LogP contribution in [0, 0.1) is 13.8 Å². The second kappa shape index (κ2) is 9.36. The third-order valence-corrected chi connectivity index (χ3v) is 5.63. The summed E-state index contributed by atoms with van der Waals surface area (Å²) < 4.78 is 23.6. The Hall–Kier alpha value is -3.45. The van der Waals surface area contributed by atoms with Crippen LogP contribution in [0.5, 0.6) is 11.5 Å². The van der Waals surface area contributed by atoms with Crippen molar-refractivity contribution in [3.05, 3.63) is 98.6 Å². The van der Waals surface area contributed by atoms with Gasteiger partial charge in [0, 0.05) is 40.2 Å². The quantitative estimate of drug-likeness (QED) is 0.522. The molecule has 8 heteroatoms. The monoisotopic (exact) mass is 454 g/mol. The molecule has 1 aromatic carbocycles. The average molecular weight is 455 g/mol. The van der Waals surface area contributed by atoms with Gasteiger partial charge in [-0.3, -0.25) is 9.78 Å². The van der Waals surface area contributed by atoms with Crippen LogP contribution in [-0.4, -0.2) is 23.5 Å². The summed E-state index contributed by atoms with van der Waals surface area (Å²) in [5.74, 6) is 1.71. The van der Waals surface area contributed by atoms with Crippen LogP contribution in [0.2, 0.25) is 5.02 Å². The highest BCUT2D eigenvalue weighted by Gasteiger charge is 2.26. The smallest absolute Gasteiger partial charge is 0.255 e. The molecule has 3 aromatic rings. The van der Waals surface area contributed by atoms with Crippen LogP contribution in [0.1, 0.15) is 28.4 Å². The van der Waals surface area contributed by atoms with Gasteiger partial charge in [0.1, 0.15) is 30.4 Å². The first kappa shape index (κ1) is 21.8. The number of allylic oxidation sites excluding steroid dienone is 1. The number of ether oxygens (including phenoxy) is 4. The molecule has 166 valence electrons. The molecule has 7 nitrogen and oxygen atoms in total. The molecule has 1 aliphatic rings. The molecular formula is C24H23ClN2O5. The van der Waals surface area contributed by atoms with Crippen LogP contribution in [0.25, 0.3) is 0 Å². The van der Waals surface area contributed by atoms with Crippen molar-refractivity contribution in [2.45, 2.75) is 26.5 Å². The molecule has 0 amide bonds. The lowest BCUT2D eigenvalue weighted by molar-refractivity contribution is 0.0735. The lowest BCUT2D eigenvalue weighted by Gasteiger charge is -2.21. The maximum atomic E-state index is 13.0. The van der Waals surface area contributed by atoms with Crippen LogP contribution in [0.3, 0.4) is 0 Å². The van der Waals surface area contributed by atoms with Gasteiger partial charge in [0.25, 0.3) is 5.56 Å². The highest BCUT2D eigenvalue weighted by Crippen LogP contribution is 2.33. The average Bonchev–Trinajstić information content (AvgIpc) is 3.31. The fourth-order valence-electron chi connectivity index (χ4n) is 3.68. The number of aryl methyl sites for hydroxylation is 1. The van der Waals surface area contributed by atoms with Crippen molar-refractivity contribution < 1.29 is 18.9 Å². The molecule has 2 aromatic heterocycles. The predicted octanol–water partition coefficient (Wildman–Crippen LogP) is 4.54. The first-order valence-electron chi connectivity index (χ1n) is 10.0. The molecule has 0 spiro atoms. The fraction of sp³-hybridized carbons (Fsp3) is 0.250. The lowest BCUT2D eigenvalue weighted by Crippen LogP contribution is -2.26. The van der Waals surface area contributed by atoms with Gasteiger partial charge in [-0.1, -0.05) is 29.8 Å². The van der Waals surface area contributed by atoms with E-state index in [9.17, 15) is 4.79 Å². The molecule has 1 unspecified atom stereocenters. The Morgan fingerprint density at radius 1 is 1.25 bits per heavy atom. The fourth-order valence-corrected chi connectivity index (χ4v) is 3.91. The zero-order chi connectivity index (χ0) is 22.7. The Balaban J connectivity index is 1.61. The Morgan fingerprint density at radius 2 is 2.06 bits per heavy atom. The standard InChI is InChI=1S/C24H23ClN2O5/c1-15-11-26-20(16(2)24(15)29-3)12-31-17-8-9-27(22(28)10-17)23(21-13-30-14-32-21)18-6-4-5-7-19(18)25/h4-11,13,23H,12,14H2,1-3H3. The maximum absolute atomic E-state index is 13.0. The molecule has 0 fully saturated rings. The van der Waals surface area contributed by atoms with Gasteiger partial charge in [-0.15, -0.1) is 0 Å². The van der Waals surface area contributed by atoms with Gasteiger partial charge in [0.2, 0.25) is 6.79 Å². The second-order valence-electron chi connectivity index (χ2n) is 7.32. The van der Waals surface area contributed by atoms with Gasteiger partial charge < -0.3 is 23.5 Å². The summed E-state index contributed by atoms with van der Waals surface area (Å²) in [6.07, 6.45) is 4.91. The first-order valence-corrected chi connectivity index (χ1v) is 10.4. The summed E-state index contributed by atoms with van der Waals surface area (Å²) in [7, 11) is 1.63. The number of hydrogen-bond donors (Lipinski definition) is 0. The van der Waals surface area contributed by atoms with Crippen molar-refractivity contribution in [2.24, 2.45) is 0 Å². The zero-order valence-corrected chi connectivity index (χ0v) is 18.8. The van der Waals surface area contributed by atoms with E-state index in [0.29, 0.717) is 16.5 Å². The predicted molar refractivity (Wildman–Crippen MR) is 120 cm³/mol. The Kier molecular flexibility index (Phi) is 6.37. The van der Waals surface area contributed by atoms with Crippen molar-refractivity contribution in [1.82, 2.24) is 9.55 Å². The van der Waals surface area contributed by atoms with Gasteiger partial charge in [-0.2, -0.15) is 0 Å². The maximum Gasteiger partial charge on any atom is 0.255 e. The normalized spacial score (nSPS) is 13.7. The lowest BCUT2D eigenvalue weighted by atomic mass is 10.0. The molecule has 0 radical (unpaired) electrons. The number of hydrogen-bond acceptors (Lipinski definition) is 6. The van der Waals surface area contributed by atoms with E-state index in [4.69, 9.17) is 30.5 Å². The molecule has 3 heterocycles. The number of halogens is 1. The van der Waals surface area contributed by atoms with E-state index in [-0.39, 0.29) is 19.0 Å². The van der Waals surface area contributed by atoms with Gasteiger partial charge in [-0.05, 0) is 26.0 Å². The van der Waals surface area contributed by atoms with Gasteiger partial charge in [0.15, 0.2) is 5.76 Å². The molecule has 0 saturated heterocycles. The van der Waals surface area contributed by atoms with Crippen molar-refractivity contribution in [1.29, 1.82) is 0 Å². The number of aromatic nitrogens is 2. The highest BCUT2D eigenvalue weighted by molar-refractivity contribution is 6.31. The van der Waals surface area contributed by atoms with Crippen molar-refractivity contribution in [3.63, 3.8) is 0 Å². The molecule has 0 aliphatic carbocycles. The topological polar surface area (TPSA) is 71.8 Å². The Morgan fingerprint density at radius 3 is 2.75 bits per heavy atom. The SMILES string of the molecule is COc1c(C)cnc(COc2ccn(C(C3=COCO3)c3ccccc3Cl)c(=O)c2)c1C. The van der Waals surface area contributed by atoms with Crippen LogP contribution in [-0.2, 0) is 16.1 Å². The summed E-state index contributed by atoms with van der Waals surface area (Å²) in [6, 6.07) is 9.92. The van der Waals surface area contributed by atoms with Crippen LogP contribution < -0.4 is 15.0 Å². The van der Waals surface area contributed by atoms with Crippen LogP contribution in [0.15, 0.2) is 65.6 Å². The summed E-state index contributed by atoms with van der Waals surface area (Å²) in [5.41, 5.74) is 3.06. The molecule has 0 bridgehead atoms. The zero-order valence-electron chi connectivity index (χ0n) is 18.0. The third kappa shape index (κ3) is 4.29. The van der Waals surface area contributed by atoms with E-state index >= 15 is 0 Å². The highest BCUT2D eigenvalue weighted by atomic mass is 35.5. The summed E-state index contributed by atoms with van der Waals surface area (Å²) in [4.78, 5) is 17.5. The van der Waals surface area contributed by atoms with E-state index in [1.54, 1.807) is 31.6 Å². The van der Waals surface area contributed by atoms with Crippen molar-refractivity contribution in [2.75, 3.05) is 13.9 Å². The van der Waals surface area contributed by atoms with Gasteiger partial charge >= 0.3 is 0 Å². The number of nitrogens with zero attached hydrogens (tertiary/aromatic N) is 2. The van der Waals surface area contributed by atoms with Crippen LogP contribution in [0.4, 0.5) is 0 Å². The summed E-state index contributed by atoms with van der Waals surface area (Å²) in [5, 5.41) is 0.524. The molecule has 4 rings (SSSR count). The van der Waals surface area contributed by atoms with Crippen LogP contribution >= 0.6 is 11.6 Å². The number of methoxy groups -OCH3 is 1. The van der Waals surface area contributed by atoms with Gasteiger partial charge in [-0.25, -0.2) is 0 Å². The first-order chi connectivity index (χ1) is 15.5. The van der Waals surface area contributed by atoms with E-state index in [1.807, 2.05) is 32.0 Å². The molecular weight excluding hydrogens is 432 g/mol. The summed E-state index contributed by atoms with van der Waals surface area (Å²) in [6.45, 7) is 4.18. The molecule has 0 N–H and O–H groups in total. The minimum Gasteiger partial charge on any atom is -0.496 e. The second-order valence-corrected chi connectivity index (χ2v) is 7.72. The molecule has 0 saturated carbocycles. The Bertz CT molecular complexity index is 1220. The largest absolute Gasteiger partial charge is 0.496 e. The minimum absolute atomic E-state index is 0.0958. The van der Waals surface area contributed by atoms with Gasteiger partial charge in [0.05, 0.1) is 12.8 Å². The number of benzene rings is 1. The minimum atomic E-state index is -0.557. The third-order valence-electron chi connectivity index (χ3n) is 5.29. The van der Waals surface area contributed by atoms with Crippen molar-refractivity contribution >= 4 is 11.6 Å². The van der Waals surface area contributed by atoms with E-state index in [2.05, 4.69) is 4.98 Å². The van der Waals surface area contributed by atoms with E-state index < -0.39 is 6.04 Å². The van der Waals surface area contributed by atoms with E-state index in [1.165, 1.54) is 16.9 Å². The molecule has 1 atom stereocenters. The summed E-state index contributed by atoms with van der Waals surface area (Å²) >= 11 is 6.42. The number of pyridine rings is 2. The molecule has 32 heavy (non-hydrogen) atoms. The molecule has 1 aliphatic heterocycles. The number of rotatable bonds is 7. The van der Waals surface area contributed by atoms with Crippen molar-refractivity contribution in [3.8, 4) is 11.5 Å². The van der Waals surface area contributed by atoms with E-state index in [0.717, 1.165) is 28.1 Å². The Labute approximate surface area is 190 Å².